The van der Waals surface area contributed by atoms with E-state index in [1.807, 2.05) is 0 Å². The van der Waals surface area contributed by atoms with E-state index in [4.69, 9.17) is 0 Å². The highest BCUT2D eigenvalue weighted by Crippen LogP contribution is 2.31. The molecule has 1 saturated heterocycles. The summed E-state index contributed by atoms with van der Waals surface area (Å²) in [5.74, 6) is 0.801. The van der Waals surface area contributed by atoms with Gasteiger partial charge in [0.2, 0.25) is 0 Å². The van der Waals surface area contributed by atoms with Crippen molar-refractivity contribution in [2.24, 2.45) is 5.92 Å². The fourth-order valence-electron chi connectivity index (χ4n) is 3.95. The predicted octanol–water partition coefficient (Wildman–Crippen LogP) is 2.56. The third kappa shape index (κ3) is 2.58. The molecule has 3 aliphatic rings. The van der Waals surface area contributed by atoms with E-state index in [9.17, 15) is 0 Å². The Bertz CT molecular complexity index is 268. The van der Waals surface area contributed by atoms with Crippen LogP contribution in [0.1, 0.15) is 44.9 Å². The zero-order chi connectivity index (χ0) is 11.5. The van der Waals surface area contributed by atoms with E-state index in [1.54, 1.807) is 0 Å². The number of nitrogens with zero attached hydrogens (tertiary/aromatic N) is 1. The van der Waals surface area contributed by atoms with Crippen molar-refractivity contribution in [3.63, 3.8) is 0 Å². The summed E-state index contributed by atoms with van der Waals surface area (Å²) in [7, 11) is 0. The van der Waals surface area contributed by atoms with Crippen molar-refractivity contribution >= 4 is 0 Å². The first-order valence-electron chi connectivity index (χ1n) is 7.59. The number of rotatable bonds is 1. The van der Waals surface area contributed by atoms with Gasteiger partial charge in [0.25, 0.3) is 0 Å². The number of nitrogens with one attached hydrogen (secondary N) is 1. The molecule has 0 bridgehead atoms. The van der Waals surface area contributed by atoms with E-state index in [0.717, 1.165) is 18.0 Å². The molecule has 3 unspecified atom stereocenters. The van der Waals surface area contributed by atoms with Gasteiger partial charge in [0.1, 0.15) is 0 Å². The highest BCUT2D eigenvalue weighted by molar-refractivity contribution is 5.04. The Morgan fingerprint density at radius 3 is 2.76 bits per heavy atom. The molecule has 96 valence electrons. The van der Waals surface area contributed by atoms with Gasteiger partial charge in [0.15, 0.2) is 0 Å². The monoisotopic (exact) mass is 234 g/mol. The topological polar surface area (TPSA) is 15.3 Å². The van der Waals surface area contributed by atoms with Crippen LogP contribution < -0.4 is 5.32 Å². The summed E-state index contributed by atoms with van der Waals surface area (Å²) in [4.78, 5) is 2.76. The maximum atomic E-state index is 3.86. The maximum Gasteiger partial charge on any atom is 0.0286 e. The van der Waals surface area contributed by atoms with Gasteiger partial charge in [0, 0.05) is 12.1 Å². The second-order valence-corrected chi connectivity index (χ2v) is 5.96. The lowest BCUT2D eigenvalue weighted by atomic mass is 9.79. The van der Waals surface area contributed by atoms with Crippen molar-refractivity contribution in [3.8, 4) is 0 Å². The molecule has 1 aliphatic carbocycles. The Morgan fingerprint density at radius 1 is 1.00 bits per heavy atom. The van der Waals surface area contributed by atoms with E-state index in [2.05, 4.69) is 22.4 Å². The molecule has 0 aromatic carbocycles. The highest BCUT2D eigenvalue weighted by atomic mass is 15.2. The zero-order valence-corrected chi connectivity index (χ0v) is 10.9. The van der Waals surface area contributed by atoms with Crippen molar-refractivity contribution in [1.82, 2.24) is 10.2 Å². The van der Waals surface area contributed by atoms with Crippen LogP contribution in [0.25, 0.3) is 0 Å². The van der Waals surface area contributed by atoms with Gasteiger partial charge in [-0.2, -0.15) is 0 Å². The molecular weight excluding hydrogens is 208 g/mol. The number of hydrogen-bond donors (Lipinski definition) is 1. The molecule has 2 aliphatic heterocycles. The molecule has 3 atom stereocenters. The molecule has 0 amide bonds. The lowest BCUT2D eigenvalue weighted by Gasteiger charge is -2.43. The molecule has 3 rings (SSSR count). The van der Waals surface area contributed by atoms with Gasteiger partial charge in [-0.05, 0) is 64.1 Å². The van der Waals surface area contributed by atoms with Crippen LogP contribution in [0.5, 0.6) is 0 Å². The summed E-state index contributed by atoms with van der Waals surface area (Å²) in [6, 6.07) is 1.55. The third-order valence-electron chi connectivity index (χ3n) is 4.83. The molecule has 2 heterocycles. The zero-order valence-electron chi connectivity index (χ0n) is 10.9. The average Bonchev–Trinajstić information content (AvgIpc) is 2.82. The second kappa shape index (κ2) is 5.53. The normalized spacial score (nSPS) is 39.6. The van der Waals surface area contributed by atoms with Gasteiger partial charge >= 0.3 is 0 Å². The quantitative estimate of drug-likeness (QED) is 0.702. The molecule has 0 spiro atoms. The Balaban J connectivity index is 1.73. The lowest BCUT2D eigenvalue weighted by molar-refractivity contribution is 0.123. The van der Waals surface area contributed by atoms with Gasteiger partial charge in [-0.1, -0.05) is 18.6 Å². The van der Waals surface area contributed by atoms with Crippen molar-refractivity contribution in [2.45, 2.75) is 57.0 Å². The van der Waals surface area contributed by atoms with Crippen LogP contribution in [-0.2, 0) is 0 Å². The Labute approximate surface area is 105 Å². The van der Waals surface area contributed by atoms with Gasteiger partial charge < -0.3 is 5.32 Å². The molecule has 0 radical (unpaired) electrons. The van der Waals surface area contributed by atoms with Crippen LogP contribution in [-0.4, -0.2) is 36.6 Å². The van der Waals surface area contributed by atoms with Crippen LogP contribution in [0, 0.1) is 5.92 Å². The second-order valence-electron chi connectivity index (χ2n) is 5.96. The first-order chi connectivity index (χ1) is 8.45. The highest BCUT2D eigenvalue weighted by Gasteiger charge is 2.36. The molecule has 0 aromatic heterocycles. The molecule has 2 heteroatoms. The number of likely N-dealkylation sites (tertiary alicyclic amines) is 1. The summed E-state index contributed by atoms with van der Waals surface area (Å²) in [5.41, 5.74) is 0. The van der Waals surface area contributed by atoms with Gasteiger partial charge in [-0.15, -0.1) is 0 Å². The molecule has 17 heavy (non-hydrogen) atoms. The molecule has 1 N–H and O–H groups in total. The van der Waals surface area contributed by atoms with Crippen LogP contribution in [0.15, 0.2) is 12.2 Å². The molecule has 2 fully saturated rings. The summed E-state index contributed by atoms with van der Waals surface area (Å²) in [6.07, 6.45) is 14.6. The Morgan fingerprint density at radius 2 is 1.88 bits per heavy atom. The average molecular weight is 234 g/mol. The van der Waals surface area contributed by atoms with E-state index < -0.39 is 0 Å². The summed E-state index contributed by atoms with van der Waals surface area (Å²) in [6.45, 7) is 3.91. The van der Waals surface area contributed by atoms with Crippen LogP contribution in [0.3, 0.4) is 0 Å². The van der Waals surface area contributed by atoms with Gasteiger partial charge in [-0.3, -0.25) is 4.90 Å². The number of allylic oxidation sites excluding steroid dienone is 1. The van der Waals surface area contributed by atoms with E-state index in [-0.39, 0.29) is 0 Å². The third-order valence-corrected chi connectivity index (χ3v) is 4.83. The smallest absolute Gasteiger partial charge is 0.0286 e. The fourth-order valence-corrected chi connectivity index (χ4v) is 3.95. The van der Waals surface area contributed by atoms with E-state index in [1.165, 1.54) is 64.6 Å². The summed E-state index contributed by atoms with van der Waals surface area (Å²) in [5, 5.41) is 3.86. The maximum absolute atomic E-state index is 3.86. The summed E-state index contributed by atoms with van der Waals surface area (Å²) >= 11 is 0. The van der Waals surface area contributed by atoms with Gasteiger partial charge in [-0.25, -0.2) is 0 Å². The van der Waals surface area contributed by atoms with Crippen LogP contribution in [0.2, 0.25) is 0 Å². The number of hydrogen-bond acceptors (Lipinski definition) is 2. The first-order valence-corrected chi connectivity index (χ1v) is 7.59. The largest absolute Gasteiger partial charge is 0.312 e. The van der Waals surface area contributed by atoms with Gasteiger partial charge in [0.05, 0.1) is 0 Å². The minimum absolute atomic E-state index is 0.735. The predicted molar refractivity (Wildman–Crippen MR) is 72.1 cm³/mol. The molecular formula is C15H26N2. The SMILES string of the molecule is C1=CC2CCCC(N3CCCC3)C2NCCC1. The van der Waals surface area contributed by atoms with Crippen molar-refractivity contribution in [2.75, 3.05) is 19.6 Å². The lowest BCUT2D eigenvalue weighted by Crippen LogP contribution is -2.55. The number of fused-ring (bicyclic) bond motifs is 1. The standard InChI is InChI=1S/C15H26N2/c1-2-7-13-8-6-9-14(15(13)16-10-3-1)17-11-4-5-12-17/h2,7,13-16H,1,3-6,8-12H2. The van der Waals surface area contributed by atoms with E-state index >= 15 is 0 Å². The Kier molecular flexibility index (Phi) is 3.82. The Hall–Kier alpha value is -0.340. The van der Waals surface area contributed by atoms with Crippen molar-refractivity contribution in [3.05, 3.63) is 12.2 Å². The van der Waals surface area contributed by atoms with Crippen LogP contribution >= 0.6 is 0 Å². The molecule has 1 saturated carbocycles. The summed E-state index contributed by atoms with van der Waals surface area (Å²) < 4.78 is 0. The minimum Gasteiger partial charge on any atom is -0.312 e. The van der Waals surface area contributed by atoms with Crippen LogP contribution in [0.4, 0.5) is 0 Å². The molecule has 2 nitrogen and oxygen atoms in total. The fraction of sp³-hybridized carbons (Fsp3) is 0.867. The first kappa shape index (κ1) is 11.7. The van der Waals surface area contributed by atoms with Crippen molar-refractivity contribution in [1.29, 1.82) is 0 Å². The minimum atomic E-state index is 0.735. The molecule has 0 aromatic rings. The van der Waals surface area contributed by atoms with E-state index in [0.29, 0.717) is 0 Å². The van der Waals surface area contributed by atoms with Crippen molar-refractivity contribution < 1.29 is 0 Å².